The van der Waals surface area contributed by atoms with Crippen LogP contribution in [0.2, 0.25) is 0 Å². The van der Waals surface area contributed by atoms with Crippen molar-refractivity contribution in [2.24, 2.45) is 5.92 Å². The molecule has 3 nitrogen and oxygen atoms in total. The Hall–Kier alpha value is -0.900. The van der Waals surface area contributed by atoms with Crippen LogP contribution in [0.1, 0.15) is 99.9 Å². The Labute approximate surface area is 151 Å². The van der Waals surface area contributed by atoms with Crippen LogP contribution in [0.3, 0.4) is 0 Å². The molecule has 0 radical (unpaired) electrons. The lowest BCUT2D eigenvalue weighted by Crippen LogP contribution is -2.26. The van der Waals surface area contributed by atoms with Crippen LogP contribution in [0.5, 0.6) is 0 Å². The fraction of sp³-hybridized carbons (Fsp3) is 0.857. The average Bonchev–Trinajstić information content (AvgIpc) is 2.93. The van der Waals surface area contributed by atoms with Gasteiger partial charge in [-0.2, -0.15) is 5.10 Å². The number of fused-ring (bicyclic) bond motifs is 1. The highest BCUT2D eigenvalue weighted by molar-refractivity contribution is 5.31. The summed E-state index contributed by atoms with van der Waals surface area (Å²) in [5, 5.41) is 6.14. The molecule has 3 aliphatic rings. The Bertz CT molecular complexity index is 554. The van der Waals surface area contributed by atoms with Crippen LogP contribution in [0.4, 0.5) is 4.48 Å². The minimum atomic E-state index is 0.464. The summed E-state index contributed by atoms with van der Waals surface area (Å²) in [5.74, 6) is 1.35. The first kappa shape index (κ1) is 17.5. The van der Waals surface area contributed by atoms with Crippen molar-refractivity contribution in [1.29, 1.82) is 0 Å². The van der Waals surface area contributed by atoms with Crippen LogP contribution in [0.25, 0.3) is 0 Å². The minimum Gasteiger partial charge on any atom is -0.269 e. The molecule has 0 unspecified atom stereocenters. The number of aromatic nitrogens is 2. The molecular weight excluding hydrogens is 313 g/mol. The summed E-state index contributed by atoms with van der Waals surface area (Å²) in [5.41, 5.74) is 3.86. The lowest BCUT2D eigenvalue weighted by Gasteiger charge is -2.24. The molecule has 4 rings (SSSR count). The second-order valence-corrected chi connectivity index (χ2v) is 8.63. The topological polar surface area (TPSA) is 21.1 Å². The molecule has 0 bridgehead atoms. The van der Waals surface area contributed by atoms with Crippen LogP contribution in [-0.4, -0.2) is 21.4 Å². The molecule has 2 saturated carbocycles. The van der Waals surface area contributed by atoms with E-state index in [1.807, 2.05) is 0 Å². The fourth-order valence-corrected chi connectivity index (χ4v) is 5.31. The SMILES string of the molecule is FN1CCc2c(c(C3CCCCCCC3)nn2CC2CCCCC2)C1. The standard InChI is InChI=1S/C21H34FN3/c22-24-14-13-20-19(16-24)21(18-11-7-2-1-3-8-12-18)23-25(20)15-17-9-5-4-6-10-17/h17-18H,1-16H2. The number of halogens is 1. The zero-order valence-corrected chi connectivity index (χ0v) is 15.7. The molecule has 0 N–H and O–H groups in total. The van der Waals surface area contributed by atoms with Gasteiger partial charge < -0.3 is 0 Å². The largest absolute Gasteiger partial charge is 0.269 e. The second-order valence-electron chi connectivity index (χ2n) is 8.63. The molecule has 0 atom stereocenters. The van der Waals surface area contributed by atoms with Gasteiger partial charge in [0.1, 0.15) is 0 Å². The van der Waals surface area contributed by atoms with Gasteiger partial charge in [-0.05, 0) is 31.6 Å². The Morgan fingerprint density at radius 1 is 0.880 bits per heavy atom. The Morgan fingerprint density at radius 2 is 1.52 bits per heavy atom. The van der Waals surface area contributed by atoms with Gasteiger partial charge in [-0.3, -0.25) is 4.68 Å². The third-order valence-corrected chi connectivity index (χ3v) is 6.77. The lowest BCUT2D eigenvalue weighted by atomic mass is 9.86. The molecule has 0 spiro atoms. The van der Waals surface area contributed by atoms with Gasteiger partial charge in [0, 0.05) is 36.7 Å². The lowest BCUT2D eigenvalue weighted by molar-refractivity contribution is 0.00902. The normalized spacial score (nSPS) is 24.7. The third-order valence-electron chi connectivity index (χ3n) is 6.77. The van der Waals surface area contributed by atoms with Gasteiger partial charge in [-0.1, -0.05) is 51.4 Å². The molecule has 0 aromatic carbocycles. The van der Waals surface area contributed by atoms with E-state index in [0.29, 0.717) is 19.0 Å². The molecule has 25 heavy (non-hydrogen) atoms. The summed E-state index contributed by atoms with van der Waals surface area (Å²) < 4.78 is 16.3. The number of hydrogen-bond acceptors (Lipinski definition) is 2. The zero-order valence-electron chi connectivity index (χ0n) is 15.7. The van der Waals surface area contributed by atoms with Crippen molar-refractivity contribution in [1.82, 2.24) is 14.9 Å². The van der Waals surface area contributed by atoms with E-state index in [1.165, 1.54) is 94.0 Å². The summed E-state index contributed by atoms with van der Waals surface area (Å²) in [6.45, 7) is 2.07. The average molecular weight is 348 g/mol. The molecule has 4 heteroatoms. The predicted molar refractivity (Wildman–Crippen MR) is 99.1 cm³/mol. The van der Waals surface area contributed by atoms with Gasteiger partial charge in [0.05, 0.1) is 12.2 Å². The maximum absolute atomic E-state index is 14.0. The molecule has 1 aliphatic heterocycles. The van der Waals surface area contributed by atoms with Crippen LogP contribution < -0.4 is 0 Å². The molecule has 2 aliphatic carbocycles. The Balaban J connectivity index is 1.58. The summed E-state index contributed by atoms with van der Waals surface area (Å²) in [7, 11) is 0. The van der Waals surface area contributed by atoms with E-state index in [2.05, 4.69) is 4.68 Å². The highest BCUT2D eigenvalue weighted by Gasteiger charge is 2.30. The molecule has 0 amide bonds. The smallest absolute Gasteiger partial charge is 0.0704 e. The first-order valence-corrected chi connectivity index (χ1v) is 10.8. The van der Waals surface area contributed by atoms with Gasteiger partial charge in [0.25, 0.3) is 0 Å². The first-order chi connectivity index (χ1) is 12.3. The fourth-order valence-electron chi connectivity index (χ4n) is 5.31. The number of rotatable bonds is 3. The zero-order chi connectivity index (χ0) is 17.1. The van der Waals surface area contributed by atoms with E-state index >= 15 is 0 Å². The molecule has 2 fully saturated rings. The van der Waals surface area contributed by atoms with Crippen molar-refractivity contribution in [3.05, 3.63) is 17.0 Å². The van der Waals surface area contributed by atoms with E-state index in [9.17, 15) is 4.48 Å². The number of nitrogens with zero attached hydrogens (tertiary/aromatic N) is 3. The van der Waals surface area contributed by atoms with Gasteiger partial charge in [-0.25, -0.2) is 0 Å². The van der Waals surface area contributed by atoms with Crippen LogP contribution >= 0.6 is 0 Å². The van der Waals surface area contributed by atoms with E-state index in [0.717, 1.165) is 24.0 Å². The number of hydrogen-bond donors (Lipinski definition) is 0. The summed E-state index contributed by atoms with van der Waals surface area (Å²) in [4.78, 5) is 0. The monoisotopic (exact) mass is 347 g/mol. The molecule has 1 aromatic rings. The summed E-state index contributed by atoms with van der Waals surface area (Å²) in [6.07, 6.45) is 16.9. The second kappa shape index (κ2) is 8.20. The highest BCUT2D eigenvalue weighted by Crippen LogP contribution is 2.36. The van der Waals surface area contributed by atoms with Crippen molar-refractivity contribution < 1.29 is 4.48 Å². The third kappa shape index (κ3) is 4.10. The van der Waals surface area contributed by atoms with Crippen LogP contribution in [0, 0.1) is 5.92 Å². The van der Waals surface area contributed by atoms with Gasteiger partial charge in [0.15, 0.2) is 0 Å². The van der Waals surface area contributed by atoms with Gasteiger partial charge in [0.2, 0.25) is 0 Å². The van der Waals surface area contributed by atoms with E-state index in [-0.39, 0.29) is 0 Å². The van der Waals surface area contributed by atoms with Crippen LogP contribution in [0.15, 0.2) is 0 Å². The first-order valence-electron chi connectivity index (χ1n) is 10.8. The molecular formula is C21H34FN3. The predicted octanol–water partition coefficient (Wildman–Crippen LogP) is 5.53. The maximum Gasteiger partial charge on any atom is 0.0704 e. The van der Waals surface area contributed by atoms with Crippen molar-refractivity contribution in [3.63, 3.8) is 0 Å². The van der Waals surface area contributed by atoms with E-state index < -0.39 is 0 Å². The molecule has 140 valence electrons. The Kier molecular flexibility index (Phi) is 5.74. The molecule has 1 aromatic heterocycles. The highest BCUT2D eigenvalue weighted by atomic mass is 19.2. The minimum absolute atomic E-state index is 0.464. The van der Waals surface area contributed by atoms with Crippen molar-refractivity contribution >= 4 is 0 Å². The summed E-state index contributed by atoms with van der Waals surface area (Å²) in [6, 6.07) is 0. The van der Waals surface area contributed by atoms with Crippen molar-refractivity contribution in [2.75, 3.05) is 6.54 Å². The van der Waals surface area contributed by atoms with Crippen molar-refractivity contribution in [3.8, 4) is 0 Å². The van der Waals surface area contributed by atoms with Crippen molar-refractivity contribution in [2.45, 2.75) is 102 Å². The van der Waals surface area contributed by atoms with E-state index in [1.54, 1.807) is 0 Å². The summed E-state index contributed by atoms with van der Waals surface area (Å²) >= 11 is 0. The van der Waals surface area contributed by atoms with Gasteiger partial charge >= 0.3 is 0 Å². The maximum atomic E-state index is 14.0. The Morgan fingerprint density at radius 3 is 2.28 bits per heavy atom. The molecule has 0 saturated heterocycles. The van der Waals surface area contributed by atoms with Crippen LogP contribution in [-0.2, 0) is 19.5 Å². The van der Waals surface area contributed by atoms with Gasteiger partial charge in [-0.15, -0.1) is 9.60 Å². The molecule has 2 heterocycles. The quantitative estimate of drug-likeness (QED) is 0.670. The van der Waals surface area contributed by atoms with E-state index in [4.69, 9.17) is 5.10 Å².